The molecule has 8 heteroatoms. The summed E-state index contributed by atoms with van der Waals surface area (Å²) in [5.74, 6) is 0. The molecule has 0 amide bonds. The average molecular weight is 315 g/mol. The molecule has 21 heavy (non-hydrogen) atoms. The number of likely N-dealkylation sites (N-methyl/N-ethyl adjacent to an activating group) is 2. The van der Waals surface area contributed by atoms with Crippen LogP contribution in [0.4, 0.5) is 0 Å². The van der Waals surface area contributed by atoms with Gasteiger partial charge in [0.2, 0.25) is 0 Å². The van der Waals surface area contributed by atoms with Gasteiger partial charge in [0.25, 0.3) is 10.0 Å². The third-order valence-corrected chi connectivity index (χ3v) is 5.93. The summed E-state index contributed by atoms with van der Waals surface area (Å²) in [6.07, 6.45) is 3.76. The van der Waals surface area contributed by atoms with Gasteiger partial charge in [-0.1, -0.05) is 6.92 Å². The van der Waals surface area contributed by atoms with Crippen molar-refractivity contribution >= 4 is 10.0 Å². The maximum atomic E-state index is 12.7. The fraction of sp³-hybridized carbons (Fsp3) is 0.769. The maximum Gasteiger partial charge on any atom is 0.260 e. The minimum absolute atomic E-state index is 0.195. The Kier molecular flexibility index (Phi) is 5.37. The van der Waals surface area contributed by atoms with E-state index in [1.54, 1.807) is 20.3 Å². The smallest absolute Gasteiger partial charge is 0.260 e. The highest BCUT2D eigenvalue weighted by molar-refractivity contribution is 7.89. The zero-order valence-electron chi connectivity index (χ0n) is 13.0. The number of aromatic amines is 1. The summed E-state index contributed by atoms with van der Waals surface area (Å²) in [4.78, 5) is 2.34. The summed E-state index contributed by atoms with van der Waals surface area (Å²) < 4.78 is 26.8. The van der Waals surface area contributed by atoms with E-state index in [0.29, 0.717) is 24.7 Å². The molecule has 0 spiro atoms. The van der Waals surface area contributed by atoms with Gasteiger partial charge in [0.1, 0.15) is 0 Å². The van der Waals surface area contributed by atoms with E-state index in [2.05, 4.69) is 27.3 Å². The highest BCUT2D eigenvalue weighted by Gasteiger charge is 2.31. The average Bonchev–Trinajstić information content (AvgIpc) is 3.08. The van der Waals surface area contributed by atoms with Crippen molar-refractivity contribution < 1.29 is 8.42 Å². The number of aromatic nitrogens is 2. The molecule has 0 aromatic carbocycles. The number of H-pyrrole nitrogens is 1. The lowest BCUT2D eigenvalue weighted by Crippen LogP contribution is -2.41. The zero-order chi connectivity index (χ0) is 15.5. The van der Waals surface area contributed by atoms with Crippen LogP contribution in [0.25, 0.3) is 0 Å². The first-order chi connectivity index (χ1) is 10.0. The Labute approximate surface area is 126 Å². The summed E-state index contributed by atoms with van der Waals surface area (Å²) in [5, 5.41) is 9.65. The van der Waals surface area contributed by atoms with Gasteiger partial charge in [0, 0.05) is 31.7 Å². The molecule has 1 saturated heterocycles. The molecule has 2 rings (SSSR count). The Bertz CT molecular complexity index is 557. The van der Waals surface area contributed by atoms with Gasteiger partial charge in [-0.05, 0) is 33.0 Å². The molecule has 0 aliphatic carbocycles. The summed E-state index contributed by atoms with van der Waals surface area (Å²) in [6, 6.07) is 0.311. The van der Waals surface area contributed by atoms with Crippen LogP contribution in [0, 0.1) is 0 Å². The molecule has 1 aromatic rings. The molecule has 1 aromatic heterocycles. The van der Waals surface area contributed by atoms with Crippen LogP contribution in [0.1, 0.15) is 25.3 Å². The van der Waals surface area contributed by atoms with Crippen molar-refractivity contribution in [1.82, 2.24) is 24.7 Å². The third-order valence-electron chi connectivity index (χ3n) is 4.09. The molecule has 7 nitrogen and oxygen atoms in total. The van der Waals surface area contributed by atoms with Crippen LogP contribution < -0.4 is 5.32 Å². The highest BCUT2D eigenvalue weighted by Crippen LogP contribution is 2.21. The first-order valence-electron chi connectivity index (χ1n) is 7.38. The topological polar surface area (TPSA) is 81.3 Å². The molecule has 120 valence electrons. The van der Waals surface area contributed by atoms with Crippen LogP contribution in [0.15, 0.2) is 11.2 Å². The summed E-state index contributed by atoms with van der Waals surface area (Å²) in [6.45, 7) is 5.14. The van der Waals surface area contributed by atoms with Crippen molar-refractivity contribution in [3.8, 4) is 0 Å². The Hall–Kier alpha value is -0.960. The second kappa shape index (κ2) is 6.87. The standard InChI is InChI=1S/C13H25N5O2S/c1-4-18-7-5-6-12(18)10-17(3)21(19,20)13-11(8-14-2)9-15-16-13/h9,12,14H,4-8,10H2,1-3H3,(H,15,16). The van der Waals surface area contributed by atoms with Gasteiger partial charge in [0.15, 0.2) is 5.03 Å². The molecule has 1 unspecified atom stereocenters. The van der Waals surface area contributed by atoms with Crippen LogP contribution in [0.5, 0.6) is 0 Å². The lowest BCUT2D eigenvalue weighted by Gasteiger charge is -2.27. The van der Waals surface area contributed by atoms with Gasteiger partial charge in [-0.2, -0.15) is 9.40 Å². The number of sulfonamides is 1. The minimum Gasteiger partial charge on any atom is -0.316 e. The van der Waals surface area contributed by atoms with Crippen molar-refractivity contribution in [3.63, 3.8) is 0 Å². The summed E-state index contributed by atoms with van der Waals surface area (Å²) >= 11 is 0. The fourth-order valence-corrected chi connectivity index (χ4v) is 4.21. The second-order valence-electron chi connectivity index (χ2n) is 5.46. The predicted molar refractivity (Wildman–Crippen MR) is 81.4 cm³/mol. The minimum atomic E-state index is -3.52. The van der Waals surface area contributed by atoms with Crippen LogP contribution in [-0.2, 0) is 16.6 Å². The number of hydrogen-bond donors (Lipinski definition) is 2. The van der Waals surface area contributed by atoms with Gasteiger partial charge < -0.3 is 5.32 Å². The zero-order valence-corrected chi connectivity index (χ0v) is 13.8. The third kappa shape index (κ3) is 3.45. The van der Waals surface area contributed by atoms with Crippen LogP contribution in [0.2, 0.25) is 0 Å². The number of hydrogen-bond acceptors (Lipinski definition) is 5. The molecule has 1 aliphatic heterocycles. The lowest BCUT2D eigenvalue weighted by molar-refractivity contribution is 0.237. The summed E-state index contributed by atoms with van der Waals surface area (Å²) in [5.41, 5.74) is 0.670. The number of nitrogens with zero attached hydrogens (tertiary/aromatic N) is 3. The Balaban J connectivity index is 2.13. The first-order valence-corrected chi connectivity index (χ1v) is 8.82. The lowest BCUT2D eigenvalue weighted by atomic mass is 10.2. The largest absolute Gasteiger partial charge is 0.316 e. The molecule has 1 aliphatic rings. The summed E-state index contributed by atoms with van der Waals surface area (Å²) in [7, 11) is -0.0922. The SMILES string of the molecule is CCN1CCCC1CN(C)S(=O)(=O)c1[nH]ncc1CNC. The molecule has 0 radical (unpaired) electrons. The van der Waals surface area contributed by atoms with Gasteiger partial charge in [0.05, 0.1) is 6.20 Å². The van der Waals surface area contributed by atoms with Crippen LogP contribution in [0.3, 0.4) is 0 Å². The van der Waals surface area contributed by atoms with E-state index >= 15 is 0 Å². The van der Waals surface area contributed by atoms with E-state index < -0.39 is 10.0 Å². The Morgan fingerprint density at radius 2 is 2.33 bits per heavy atom. The van der Waals surface area contributed by atoms with Crippen molar-refractivity contribution in [1.29, 1.82) is 0 Å². The number of rotatable bonds is 7. The maximum absolute atomic E-state index is 12.7. The highest BCUT2D eigenvalue weighted by atomic mass is 32.2. The quantitative estimate of drug-likeness (QED) is 0.753. The molecular weight excluding hydrogens is 290 g/mol. The predicted octanol–water partition coefficient (Wildman–Crippen LogP) is 0.234. The normalized spacial score (nSPS) is 20.5. The molecule has 0 bridgehead atoms. The van der Waals surface area contributed by atoms with Gasteiger partial charge in [-0.3, -0.25) is 10.00 Å². The van der Waals surface area contributed by atoms with E-state index in [1.807, 2.05) is 0 Å². The molecule has 2 heterocycles. The molecule has 1 fully saturated rings. The van der Waals surface area contributed by atoms with Crippen LogP contribution >= 0.6 is 0 Å². The molecule has 1 atom stereocenters. The van der Waals surface area contributed by atoms with Crippen molar-refractivity contribution in [2.24, 2.45) is 0 Å². The Morgan fingerprint density at radius 1 is 1.57 bits per heavy atom. The number of nitrogens with one attached hydrogen (secondary N) is 2. The molecule has 0 saturated carbocycles. The molecule has 2 N–H and O–H groups in total. The fourth-order valence-electron chi connectivity index (χ4n) is 2.91. The van der Waals surface area contributed by atoms with Crippen LogP contribution in [-0.4, -0.2) is 67.6 Å². The van der Waals surface area contributed by atoms with E-state index in [4.69, 9.17) is 0 Å². The van der Waals surface area contributed by atoms with Crippen molar-refractivity contribution in [3.05, 3.63) is 11.8 Å². The van der Waals surface area contributed by atoms with E-state index in [0.717, 1.165) is 25.9 Å². The van der Waals surface area contributed by atoms with Gasteiger partial charge >= 0.3 is 0 Å². The monoisotopic (exact) mass is 315 g/mol. The number of likely N-dealkylation sites (tertiary alicyclic amines) is 1. The van der Waals surface area contributed by atoms with E-state index in [1.165, 1.54) is 4.31 Å². The van der Waals surface area contributed by atoms with Crippen molar-refractivity contribution in [2.45, 2.75) is 37.4 Å². The van der Waals surface area contributed by atoms with Gasteiger partial charge in [-0.25, -0.2) is 8.42 Å². The second-order valence-corrected chi connectivity index (χ2v) is 7.45. The van der Waals surface area contributed by atoms with Crippen molar-refractivity contribution in [2.75, 3.05) is 33.7 Å². The van der Waals surface area contributed by atoms with Gasteiger partial charge in [-0.15, -0.1) is 0 Å². The first kappa shape index (κ1) is 16.4. The Morgan fingerprint density at radius 3 is 3.00 bits per heavy atom. The van der Waals surface area contributed by atoms with E-state index in [-0.39, 0.29) is 5.03 Å². The van der Waals surface area contributed by atoms with E-state index in [9.17, 15) is 8.42 Å². The molecular formula is C13H25N5O2S.